The molecule has 0 fully saturated rings. The lowest BCUT2D eigenvalue weighted by Gasteiger charge is -2.09. The zero-order valence-corrected chi connectivity index (χ0v) is 12.7. The normalized spacial score (nSPS) is 11.5. The van der Waals surface area contributed by atoms with Crippen LogP contribution in [0.25, 0.3) is 16.9 Å². The Morgan fingerprint density at radius 3 is 2.62 bits per heavy atom. The van der Waals surface area contributed by atoms with Gasteiger partial charge in [-0.25, -0.2) is 13.5 Å². The number of aromatic amines is 1. The molecule has 0 unspecified atom stereocenters. The van der Waals surface area contributed by atoms with Crippen LogP contribution in [-0.2, 0) is 6.54 Å². The van der Waals surface area contributed by atoms with Crippen LogP contribution in [-0.4, -0.2) is 19.3 Å². The van der Waals surface area contributed by atoms with E-state index in [0.29, 0.717) is 17.0 Å². The van der Waals surface area contributed by atoms with Crippen molar-refractivity contribution in [3.63, 3.8) is 0 Å². The van der Waals surface area contributed by atoms with E-state index in [-0.39, 0.29) is 11.3 Å². The molecule has 0 aliphatic carbocycles. The highest BCUT2D eigenvalue weighted by Gasteiger charge is 2.18. The summed E-state index contributed by atoms with van der Waals surface area (Å²) in [6.07, 6.45) is 0. The zero-order chi connectivity index (χ0) is 15.3. The van der Waals surface area contributed by atoms with Gasteiger partial charge < -0.3 is 4.98 Å². The Morgan fingerprint density at radius 2 is 1.95 bits per heavy atom. The molecule has 0 aliphatic heterocycles. The molecule has 2 heterocycles. The monoisotopic (exact) mass is 308 g/mol. The van der Waals surface area contributed by atoms with Gasteiger partial charge in [0, 0.05) is 12.6 Å². The number of imidazole rings is 1. The predicted molar refractivity (Wildman–Crippen MR) is 79.3 cm³/mol. The number of hydrogen-bond donors (Lipinski definition) is 1. The lowest BCUT2D eigenvalue weighted by atomic mass is 10.2. The molecule has 0 saturated carbocycles. The van der Waals surface area contributed by atoms with Crippen molar-refractivity contribution in [2.75, 3.05) is 0 Å². The summed E-state index contributed by atoms with van der Waals surface area (Å²) in [6, 6.07) is 2.33. The van der Waals surface area contributed by atoms with Crippen LogP contribution >= 0.6 is 12.2 Å². The molecule has 1 N–H and O–H groups in total. The van der Waals surface area contributed by atoms with Crippen LogP contribution < -0.4 is 0 Å². The van der Waals surface area contributed by atoms with Crippen molar-refractivity contribution in [3.05, 3.63) is 39.8 Å². The highest BCUT2D eigenvalue weighted by Crippen LogP contribution is 2.25. The van der Waals surface area contributed by atoms with Crippen LogP contribution in [0.3, 0.4) is 0 Å². The second-order valence-electron chi connectivity index (χ2n) is 4.92. The van der Waals surface area contributed by atoms with Crippen LogP contribution in [0.1, 0.15) is 18.2 Å². The van der Waals surface area contributed by atoms with E-state index < -0.39 is 11.6 Å². The highest BCUT2D eigenvalue weighted by atomic mass is 32.1. The summed E-state index contributed by atoms with van der Waals surface area (Å²) in [5.41, 5.74) is 2.49. The highest BCUT2D eigenvalue weighted by molar-refractivity contribution is 7.71. The lowest BCUT2D eigenvalue weighted by molar-refractivity contribution is 0.583. The number of aromatic nitrogens is 4. The first-order valence-corrected chi connectivity index (χ1v) is 6.99. The minimum atomic E-state index is -0.521. The first-order valence-electron chi connectivity index (χ1n) is 6.58. The number of hydrogen-bond acceptors (Lipinski definition) is 2. The second-order valence-corrected chi connectivity index (χ2v) is 5.30. The van der Waals surface area contributed by atoms with Crippen molar-refractivity contribution < 1.29 is 8.78 Å². The Kier molecular flexibility index (Phi) is 3.16. The quantitative estimate of drug-likeness (QED) is 0.731. The first kappa shape index (κ1) is 13.9. The molecule has 3 aromatic rings. The summed E-state index contributed by atoms with van der Waals surface area (Å²) in [4.78, 5) is 3.02. The molecule has 0 atom stereocenters. The second kappa shape index (κ2) is 4.77. The maximum absolute atomic E-state index is 14.3. The summed E-state index contributed by atoms with van der Waals surface area (Å²) in [7, 11) is 0. The van der Waals surface area contributed by atoms with E-state index in [4.69, 9.17) is 12.2 Å². The number of H-pyrrole nitrogens is 1. The minimum Gasteiger partial charge on any atom is -0.327 e. The van der Waals surface area contributed by atoms with E-state index in [9.17, 15) is 8.78 Å². The van der Waals surface area contributed by atoms with Crippen LogP contribution in [0.15, 0.2) is 12.1 Å². The first-order chi connectivity index (χ1) is 9.93. The van der Waals surface area contributed by atoms with Crippen LogP contribution in [0.5, 0.6) is 0 Å². The van der Waals surface area contributed by atoms with Crippen LogP contribution in [0.2, 0.25) is 0 Å². The molecule has 4 nitrogen and oxygen atoms in total. The van der Waals surface area contributed by atoms with Crippen LogP contribution in [0, 0.1) is 30.3 Å². The van der Waals surface area contributed by atoms with Gasteiger partial charge in [-0.3, -0.25) is 4.57 Å². The Bertz CT molecular complexity index is 904. The minimum absolute atomic E-state index is 0.0870. The SMILES string of the molecule is CCn1nc(C)c2[nH]c(=S)n(-c3cc(F)c(C)cc3F)c21. The molecular weight excluding hydrogens is 294 g/mol. The average molecular weight is 308 g/mol. The maximum atomic E-state index is 14.3. The van der Waals surface area contributed by atoms with Crippen molar-refractivity contribution in [2.45, 2.75) is 27.3 Å². The maximum Gasteiger partial charge on any atom is 0.184 e. The third kappa shape index (κ3) is 1.99. The standard InChI is InChI=1S/C14H14F2N4S/c1-4-19-13-12(8(3)18-19)17-14(21)20(13)11-6-9(15)7(2)5-10(11)16/h5-6H,4H2,1-3H3,(H,17,21). The molecule has 0 aliphatic rings. The summed E-state index contributed by atoms with van der Waals surface area (Å²) in [5.74, 6) is -0.991. The number of nitrogens with one attached hydrogen (secondary N) is 1. The fraction of sp³-hybridized carbons (Fsp3) is 0.286. The molecule has 110 valence electrons. The number of fused-ring (bicyclic) bond motifs is 1. The third-order valence-corrected chi connectivity index (χ3v) is 3.80. The fourth-order valence-corrected chi connectivity index (χ4v) is 2.74. The number of rotatable bonds is 2. The molecule has 3 rings (SSSR count). The van der Waals surface area contributed by atoms with Gasteiger partial charge in [0.25, 0.3) is 0 Å². The number of aryl methyl sites for hydroxylation is 3. The van der Waals surface area contributed by atoms with Crippen LogP contribution in [0.4, 0.5) is 8.78 Å². The number of halogens is 2. The van der Waals surface area contributed by atoms with Gasteiger partial charge in [-0.1, -0.05) is 0 Å². The smallest absolute Gasteiger partial charge is 0.184 e. The molecule has 0 bridgehead atoms. The van der Waals surface area contributed by atoms with Gasteiger partial charge in [-0.05, 0) is 44.6 Å². The molecule has 0 amide bonds. The van der Waals surface area contributed by atoms with Gasteiger partial charge in [0.1, 0.15) is 17.2 Å². The lowest BCUT2D eigenvalue weighted by Crippen LogP contribution is -2.06. The van der Waals surface area contributed by atoms with E-state index in [1.807, 2.05) is 13.8 Å². The Labute approximate surface area is 125 Å². The van der Waals surface area contributed by atoms with Gasteiger partial charge in [-0.2, -0.15) is 5.10 Å². The molecule has 2 aromatic heterocycles. The van der Waals surface area contributed by atoms with E-state index in [0.717, 1.165) is 17.3 Å². The molecule has 21 heavy (non-hydrogen) atoms. The van der Waals surface area contributed by atoms with Gasteiger partial charge in [0.2, 0.25) is 0 Å². The molecule has 0 saturated heterocycles. The van der Waals surface area contributed by atoms with E-state index >= 15 is 0 Å². The molecule has 1 aromatic carbocycles. The van der Waals surface area contributed by atoms with Gasteiger partial charge >= 0.3 is 0 Å². The summed E-state index contributed by atoms with van der Waals surface area (Å²) >= 11 is 5.27. The summed E-state index contributed by atoms with van der Waals surface area (Å²) in [6.45, 7) is 5.90. The van der Waals surface area contributed by atoms with Crippen molar-refractivity contribution in [2.24, 2.45) is 0 Å². The summed E-state index contributed by atoms with van der Waals surface area (Å²) in [5, 5.41) is 4.37. The molecule has 0 radical (unpaired) electrons. The Morgan fingerprint density at radius 1 is 1.24 bits per heavy atom. The summed E-state index contributed by atoms with van der Waals surface area (Å²) < 4.78 is 31.6. The van der Waals surface area contributed by atoms with E-state index in [2.05, 4.69) is 10.1 Å². The van der Waals surface area contributed by atoms with Crippen molar-refractivity contribution in [1.29, 1.82) is 0 Å². The number of benzene rings is 1. The third-order valence-electron chi connectivity index (χ3n) is 3.52. The topological polar surface area (TPSA) is 38.5 Å². The molecular formula is C14H14F2N4S. The Hall–Kier alpha value is -2.02. The molecule has 7 heteroatoms. The average Bonchev–Trinajstić information content (AvgIpc) is 2.91. The van der Waals surface area contributed by atoms with Gasteiger partial charge in [0.05, 0.1) is 11.4 Å². The van der Waals surface area contributed by atoms with Gasteiger partial charge in [0.15, 0.2) is 10.4 Å². The fourth-order valence-electron chi connectivity index (χ4n) is 2.45. The largest absolute Gasteiger partial charge is 0.327 e. The number of nitrogens with zero attached hydrogens (tertiary/aromatic N) is 3. The van der Waals surface area contributed by atoms with Crippen molar-refractivity contribution >= 4 is 23.4 Å². The zero-order valence-electron chi connectivity index (χ0n) is 11.9. The van der Waals surface area contributed by atoms with Crippen molar-refractivity contribution in [1.82, 2.24) is 19.3 Å². The predicted octanol–water partition coefficient (Wildman–Crippen LogP) is 3.80. The van der Waals surface area contributed by atoms with Crippen molar-refractivity contribution in [3.8, 4) is 5.69 Å². The van der Waals surface area contributed by atoms with E-state index in [1.165, 1.54) is 17.6 Å². The van der Waals surface area contributed by atoms with Gasteiger partial charge in [-0.15, -0.1) is 0 Å². The molecule has 0 spiro atoms. The van der Waals surface area contributed by atoms with E-state index in [1.54, 1.807) is 4.68 Å². The Balaban J connectivity index is 2.43.